The second-order valence-electron chi connectivity index (χ2n) is 4.87. The highest BCUT2D eigenvalue weighted by atomic mass is 32.1. The van der Waals surface area contributed by atoms with E-state index in [1.807, 2.05) is 6.07 Å². The highest BCUT2D eigenvalue weighted by Gasteiger charge is 2.20. The summed E-state index contributed by atoms with van der Waals surface area (Å²) in [7, 11) is 5.00. The zero-order valence-electron chi connectivity index (χ0n) is 12.8. The molecule has 0 bridgehead atoms. The highest BCUT2D eigenvalue weighted by Crippen LogP contribution is 2.33. The first-order valence-corrected chi connectivity index (χ1v) is 7.36. The molecule has 0 unspecified atom stereocenters. The lowest BCUT2D eigenvalue weighted by atomic mass is 9.99. The van der Waals surface area contributed by atoms with Crippen LogP contribution in [0.15, 0.2) is 12.1 Å². The standard InChI is InChI=1S/C15H22N2O3S/c1-18-7-5-16-15(21)17-6-4-11-8-13(19-2)14(20-3)9-12(11)10-17/h8-9H,4-7,10H2,1-3H3,(H,16,21). The Hall–Kier alpha value is -1.53. The van der Waals surface area contributed by atoms with E-state index < -0.39 is 0 Å². The van der Waals surface area contributed by atoms with Crippen LogP contribution in [-0.4, -0.2) is 51.0 Å². The summed E-state index contributed by atoms with van der Waals surface area (Å²) < 4.78 is 15.7. The monoisotopic (exact) mass is 310 g/mol. The fourth-order valence-electron chi connectivity index (χ4n) is 2.43. The Morgan fingerprint density at radius 2 is 1.86 bits per heavy atom. The van der Waals surface area contributed by atoms with Gasteiger partial charge in [0, 0.05) is 26.7 Å². The Labute approximate surface area is 131 Å². The van der Waals surface area contributed by atoms with Crippen molar-refractivity contribution in [3.63, 3.8) is 0 Å². The van der Waals surface area contributed by atoms with E-state index in [1.54, 1.807) is 21.3 Å². The molecule has 0 fully saturated rings. The average molecular weight is 310 g/mol. The third-order valence-electron chi connectivity index (χ3n) is 3.59. The molecule has 6 heteroatoms. The summed E-state index contributed by atoms with van der Waals surface area (Å²) in [6, 6.07) is 4.10. The molecule has 0 radical (unpaired) electrons. The quantitative estimate of drug-likeness (QED) is 0.658. The van der Waals surface area contributed by atoms with Crippen LogP contribution in [0.2, 0.25) is 0 Å². The van der Waals surface area contributed by atoms with Gasteiger partial charge in [-0.1, -0.05) is 0 Å². The number of fused-ring (bicyclic) bond motifs is 1. The molecule has 21 heavy (non-hydrogen) atoms. The SMILES string of the molecule is COCCNC(=S)N1CCc2cc(OC)c(OC)cc2C1. The Balaban J connectivity index is 2.07. The number of hydrogen-bond donors (Lipinski definition) is 1. The van der Waals surface area contributed by atoms with Gasteiger partial charge >= 0.3 is 0 Å². The maximum atomic E-state index is 5.43. The molecule has 1 N–H and O–H groups in total. The van der Waals surface area contributed by atoms with Gasteiger partial charge in [-0.25, -0.2) is 0 Å². The third-order valence-corrected chi connectivity index (χ3v) is 3.99. The summed E-state index contributed by atoms with van der Waals surface area (Å²) in [6.45, 7) is 3.07. The zero-order chi connectivity index (χ0) is 15.2. The minimum absolute atomic E-state index is 0.648. The lowest BCUT2D eigenvalue weighted by Crippen LogP contribution is -2.43. The van der Waals surface area contributed by atoms with Crippen molar-refractivity contribution in [1.29, 1.82) is 0 Å². The Bertz CT molecular complexity index is 508. The van der Waals surface area contributed by atoms with Gasteiger partial charge in [0.15, 0.2) is 16.6 Å². The van der Waals surface area contributed by atoms with E-state index in [-0.39, 0.29) is 0 Å². The molecule has 2 rings (SSSR count). The van der Waals surface area contributed by atoms with E-state index in [0.29, 0.717) is 6.61 Å². The molecule has 0 aliphatic carbocycles. The molecule has 1 aliphatic heterocycles. The summed E-state index contributed by atoms with van der Waals surface area (Å²) in [4.78, 5) is 2.17. The predicted octanol–water partition coefficient (Wildman–Crippen LogP) is 1.58. The van der Waals surface area contributed by atoms with Crippen LogP contribution in [0.3, 0.4) is 0 Å². The Morgan fingerprint density at radius 1 is 1.19 bits per heavy atom. The lowest BCUT2D eigenvalue weighted by Gasteiger charge is -2.31. The third kappa shape index (κ3) is 3.77. The van der Waals surface area contributed by atoms with Crippen LogP contribution in [0.1, 0.15) is 11.1 Å². The van der Waals surface area contributed by atoms with Gasteiger partial charge in [-0.15, -0.1) is 0 Å². The fourth-order valence-corrected chi connectivity index (χ4v) is 2.69. The van der Waals surface area contributed by atoms with Crippen LogP contribution in [0, 0.1) is 0 Å². The van der Waals surface area contributed by atoms with Gasteiger partial charge in [0.1, 0.15) is 0 Å². The molecular weight excluding hydrogens is 288 g/mol. The van der Waals surface area contributed by atoms with Gasteiger partial charge in [0.2, 0.25) is 0 Å². The van der Waals surface area contributed by atoms with Gasteiger partial charge in [0.25, 0.3) is 0 Å². The lowest BCUT2D eigenvalue weighted by molar-refractivity contribution is 0.202. The van der Waals surface area contributed by atoms with Crippen molar-refractivity contribution in [2.75, 3.05) is 41.0 Å². The molecule has 1 heterocycles. The number of methoxy groups -OCH3 is 3. The number of nitrogens with zero attached hydrogens (tertiary/aromatic N) is 1. The van der Waals surface area contributed by atoms with Gasteiger partial charge in [-0.3, -0.25) is 0 Å². The summed E-state index contributed by atoms with van der Waals surface area (Å²) >= 11 is 5.43. The molecule has 5 nitrogen and oxygen atoms in total. The number of ether oxygens (including phenoxy) is 3. The van der Waals surface area contributed by atoms with Crippen LogP contribution in [0.4, 0.5) is 0 Å². The van der Waals surface area contributed by atoms with Gasteiger partial charge in [-0.2, -0.15) is 0 Å². The molecule has 0 amide bonds. The number of rotatable bonds is 5. The Kier molecular flexibility index (Phi) is 5.64. The molecule has 0 saturated carbocycles. The van der Waals surface area contributed by atoms with Crippen LogP contribution in [0.5, 0.6) is 11.5 Å². The van der Waals surface area contributed by atoms with E-state index in [4.69, 9.17) is 26.4 Å². The molecule has 0 atom stereocenters. The summed E-state index contributed by atoms with van der Waals surface area (Å²) in [5, 5.41) is 3.98. The summed E-state index contributed by atoms with van der Waals surface area (Å²) in [5.74, 6) is 1.54. The van der Waals surface area contributed by atoms with Gasteiger partial charge in [0.05, 0.1) is 20.8 Å². The number of nitrogens with one attached hydrogen (secondary N) is 1. The molecule has 0 aromatic heterocycles. The fraction of sp³-hybridized carbons (Fsp3) is 0.533. The van der Waals surface area contributed by atoms with E-state index in [9.17, 15) is 0 Å². The minimum atomic E-state index is 0.648. The molecule has 1 aromatic rings. The van der Waals surface area contributed by atoms with E-state index in [2.05, 4.69) is 16.3 Å². The van der Waals surface area contributed by atoms with Crippen LogP contribution >= 0.6 is 12.2 Å². The molecule has 0 spiro atoms. The van der Waals surface area contributed by atoms with Gasteiger partial charge < -0.3 is 24.4 Å². The van der Waals surface area contributed by atoms with E-state index >= 15 is 0 Å². The predicted molar refractivity (Wildman–Crippen MR) is 86.1 cm³/mol. The van der Waals surface area contributed by atoms with Crippen molar-refractivity contribution in [3.8, 4) is 11.5 Å². The maximum absolute atomic E-state index is 5.43. The molecule has 1 aliphatic rings. The second kappa shape index (κ2) is 7.47. The van der Waals surface area contributed by atoms with Crippen molar-refractivity contribution in [2.24, 2.45) is 0 Å². The highest BCUT2D eigenvalue weighted by molar-refractivity contribution is 7.80. The largest absolute Gasteiger partial charge is 0.493 e. The van der Waals surface area contributed by atoms with Crippen molar-refractivity contribution < 1.29 is 14.2 Å². The Morgan fingerprint density at radius 3 is 2.48 bits per heavy atom. The molecule has 1 aromatic carbocycles. The minimum Gasteiger partial charge on any atom is -0.493 e. The van der Waals surface area contributed by atoms with Crippen LogP contribution in [-0.2, 0) is 17.7 Å². The van der Waals surface area contributed by atoms with Crippen molar-refractivity contribution in [2.45, 2.75) is 13.0 Å². The normalized spacial score (nSPS) is 13.6. The smallest absolute Gasteiger partial charge is 0.169 e. The summed E-state index contributed by atoms with van der Waals surface area (Å²) in [6.07, 6.45) is 0.946. The van der Waals surface area contributed by atoms with E-state index in [1.165, 1.54) is 11.1 Å². The van der Waals surface area contributed by atoms with Crippen molar-refractivity contribution in [3.05, 3.63) is 23.3 Å². The maximum Gasteiger partial charge on any atom is 0.169 e. The number of thiocarbonyl (C=S) groups is 1. The second-order valence-corrected chi connectivity index (χ2v) is 5.26. The first-order chi connectivity index (χ1) is 10.2. The first-order valence-electron chi connectivity index (χ1n) is 6.95. The summed E-state index contributed by atoms with van der Waals surface area (Å²) in [5.41, 5.74) is 2.53. The molecule has 116 valence electrons. The number of benzene rings is 1. The van der Waals surface area contributed by atoms with Crippen LogP contribution in [0.25, 0.3) is 0 Å². The number of hydrogen-bond acceptors (Lipinski definition) is 4. The molecule has 0 saturated heterocycles. The van der Waals surface area contributed by atoms with Gasteiger partial charge in [-0.05, 0) is 41.9 Å². The molecular formula is C15H22N2O3S. The van der Waals surface area contributed by atoms with E-state index in [0.717, 1.165) is 42.7 Å². The topological polar surface area (TPSA) is 43.0 Å². The van der Waals surface area contributed by atoms with Crippen molar-refractivity contribution >= 4 is 17.3 Å². The van der Waals surface area contributed by atoms with Crippen LogP contribution < -0.4 is 14.8 Å². The zero-order valence-corrected chi connectivity index (χ0v) is 13.6. The van der Waals surface area contributed by atoms with Crippen molar-refractivity contribution in [1.82, 2.24) is 10.2 Å². The average Bonchev–Trinajstić information content (AvgIpc) is 2.52. The first kappa shape index (κ1) is 15.9.